The van der Waals surface area contributed by atoms with Crippen molar-refractivity contribution < 1.29 is 22.3 Å². The van der Waals surface area contributed by atoms with Gasteiger partial charge in [-0.1, -0.05) is 6.08 Å². The first kappa shape index (κ1) is 13.7. The van der Waals surface area contributed by atoms with Crippen LogP contribution >= 0.6 is 0 Å². The second kappa shape index (κ2) is 6.21. The molecular formula is C9H11F4NO. The molecular weight excluding hydrogens is 214 g/mol. The molecule has 0 radical (unpaired) electrons. The third-order valence-corrected chi connectivity index (χ3v) is 1.30. The van der Waals surface area contributed by atoms with Crippen LogP contribution in [0.25, 0.3) is 0 Å². The zero-order valence-electron chi connectivity index (χ0n) is 8.09. The standard InChI is InChI=1S/C9H11F4NO/c1-3-4-7(5-14-2)15-6-9(12,13)8(10)11/h3-5,8H,2,6H2,1H3/b4-3-,7-5+. The van der Waals surface area contributed by atoms with Gasteiger partial charge < -0.3 is 4.74 Å². The molecule has 6 heteroatoms. The van der Waals surface area contributed by atoms with Gasteiger partial charge in [0.2, 0.25) is 0 Å². The maximum atomic E-state index is 12.4. The van der Waals surface area contributed by atoms with E-state index in [0.717, 1.165) is 6.20 Å². The van der Waals surface area contributed by atoms with Gasteiger partial charge in [-0.15, -0.1) is 0 Å². The Kier molecular flexibility index (Phi) is 5.66. The van der Waals surface area contributed by atoms with E-state index in [1.165, 1.54) is 12.2 Å². The molecule has 0 rings (SSSR count). The Bertz CT molecular complexity index is 261. The summed E-state index contributed by atoms with van der Waals surface area (Å²) in [5, 5.41) is 0. The summed E-state index contributed by atoms with van der Waals surface area (Å²) in [6.45, 7) is 3.31. The molecule has 0 heterocycles. The molecule has 0 aromatic carbocycles. The van der Waals surface area contributed by atoms with Crippen LogP contribution in [0.1, 0.15) is 6.92 Å². The van der Waals surface area contributed by atoms with Crippen molar-refractivity contribution in [1.29, 1.82) is 0 Å². The van der Waals surface area contributed by atoms with Gasteiger partial charge in [0.05, 0.1) is 6.20 Å². The van der Waals surface area contributed by atoms with Gasteiger partial charge in [0.25, 0.3) is 0 Å². The van der Waals surface area contributed by atoms with Gasteiger partial charge in [-0.05, 0) is 19.7 Å². The molecule has 0 atom stereocenters. The SMILES string of the molecule is C=N/C=C(\C=C/C)OCC(F)(F)C(F)F. The van der Waals surface area contributed by atoms with E-state index in [9.17, 15) is 17.6 Å². The quantitative estimate of drug-likeness (QED) is 0.294. The lowest BCUT2D eigenvalue weighted by molar-refractivity contribution is -0.157. The molecule has 0 aliphatic rings. The molecule has 15 heavy (non-hydrogen) atoms. The van der Waals surface area contributed by atoms with Gasteiger partial charge >= 0.3 is 12.3 Å². The van der Waals surface area contributed by atoms with Crippen molar-refractivity contribution in [2.75, 3.05) is 6.61 Å². The van der Waals surface area contributed by atoms with E-state index in [1.807, 2.05) is 0 Å². The Balaban J connectivity index is 4.34. The minimum absolute atomic E-state index is 0.0483. The molecule has 0 aromatic rings. The highest BCUT2D eigenvalue weighted by molar-refractivity contribution is 5.27. The number of nitrogens with zero attached hydrogens (tertiary/aromatic N) is 1. The van der Waals surface area contributed by atoms with E-state index < -0.39 is 19.0 Å². The molecule has 0 spiro atoms. The predicted octanol–water partition coefficient (Wildman–Crippen LogP) is 3.02. The average molecular weight is 225 g/mol. The topological polar surface area (TPSA) is 21.6 Å². The summed E-state index contributed by atoms with van der Waals surface area (Å²) in [4.78, 5) is 3.28. The van der Waals surface area contributed by atoms with Gasteiger partial charge in [-0.25, -0.2) is 8.78 Å². The molecule has 0 fully saturated rings. The van der Waals surface area contributed by atoms with Crippen LogP contribution < -0.4 is 0 Å². The summed E-state index contributed by atoms with van der Waals surface area (Å²) in [7, 11) is 0. The van der Waals surface area contributed by atoms with Crippen molar-refractivity contribution in [3.63, 3.8) is 0 Å². The van der Waals surface area contributed by atoms with Gasteiger partial charge in [-0.2, -0.15) is 8.78 Å². The second-order valence-corrected chi connectivity index (χ2v) is 2.56. The van der Waals surface area contributed by atoms with Crippen molar-refractivity contribution in [3.8, 4) is 0 Å². The first-order chi connectivity index (χ1) is 6.94. The predicted molar refractivity (Wildman–Crippen MR) is 49.3 cm³/mol. The number of rotatable bonds is 6. The van der Waals surface area contributed by atoms with Crippen LogP contribution in [0, 0.1) is 0 Å². The third kappa shape index (κ3) is 5.19. The Hall–Kier alpha value is -1.33. The molecule has 0 N–H and O–H groups in total. The van der Waals surface area contributed by atoms with Crippen molar-refractivity contribution in [2.45, 2.75) is 19.3 Å². The fraction of sp³-hybridized carbons (Fsp3) is 0.444. The monoisotopic (exact) mass is 225 g/mol. The minimum atomic E-state index is -4.16. The number of hydrogen-bond acceptors (Lipinski definition) is 2. The van der Waals surface area contributed by atoms with E-state index in [1.54, 1.807) is 6.92 Å². The minimum Gasteiger partial charge on any atom is -0.485 e. The summed E-state index contributed by atoms with van der Waals surface area (Å²) in [6.07, 6.45) is 0.121. The third-order valence-electron chi connectivity index (χ3n) is 1.30. The smallest absolute Gasteiger partial charge is 0.340 e. The Morgan fingerprint density at radius 2 is 2.13 bits per heavy atom. The number of halogens is 4. The summed E-state index contributed by atoms with van der Waals surface area (Å²) in [6, 6.07) is 0. The van der Waals surface area contributed by atoms with Crippen LogP contribution in [0.3, 0.4) is 0 Å². The summed E-state index contributed by atoms with van der Waals surface area (Å²) in [5.74, 6) is -4.21. The highest BCUT2D eigenvalue weighted by atomic mass is 19.3. The van der Waals surface area contributed by atoms with Gasteiger partial charge in [-0.3, -0.25) is 4.99 Å². The Labute approximate surface area is 85.0 Å². The fourth-order valence-corrected chi connectivity index (χ4v) is 0.625. The van der Waals surface area contributed by atoms with Crippen LogP contribution in [0.2, 0.25) is 0 Å². The number of allylic oxidation sites excluding steroid dienone is 2. The lowest BCUT2D eigenvalue weighted by Crippen LogP contribution is -2.32. The van der Waals surface area contributed by atoms with Gasteiger partial charge in [0, 0.05) is 0 Å². The molecule has 2 nitrogen and oxygen atoms in total. The Morgan fingerprint density at radius 3 is 2.53 bits per heavy atom. The summed E-state index contributed by atoms with van der Waals surface area (Å²) >= 11 is 0. The van der Waals surface area contributed by atoms with E-state index in [4.69, 9.17) is 0 Å². The van der Waals surface area contributed by atoms with Crippen molar-refractivity contribution in [2.24, 2.45) is 4.99 Å². The van der Waals surface area contributed by atoms with Crippen molar-refractivity contribution in [1.82, 2.24) is 0 Å². The number of hydrogen-bond donors (Lipinski definition) is 0. The van der Waals surface area contributed by atoms with Crippen molar-refractivity contribution in [3.05, 3.63) is 24.1 Å². The molecule has 0 aromatic heterocycles. The fourth-order valence-electron chi connectivity index (χ4n) is 0.625. The molecule has 0 unspecified atom stereocenters. The highest BCUT2D eigenvalue weighted by Crippen LogP contribution is 2.24. The van der Waals surface area contributed by atoms with E-state index in [0.29, 0.717) is 0 Å². The van der Waals surface area contributed by atoms with Crippen LogP contribution in [0.5, 0.6) is 0 Å². The lowest BCUT2D eigenvalue weighted by atomic mass is 10.4. The summed E-state index contributed by atoms with van der Waals surface area (Å²) < 4.78 is 52.8. The number of ether oxygens (including phenoxy) is 1. The zero-order valence-corrected chi connectivity index (χ0v) is 8.09. The summed E-state index contributed by atoms with van der Waals surface area (Å²) in [5.41, 5.74) is 0. The maximum absolute atomic E-state index is 12.4. The van der Waals surface area contributed by atoms with Crippen LogP contribution in [0.15, 0.2) is 29.1 Å². The average Bonchev–Trinajstić information content (AvgIpc) is 2.15. The zero-order chi connectivity index (χ0) is 11.9. The number of aliphatic imine (C=N–C) groups is 1. The first-order valence-corrected chi connectivity index (χ1v) is 4.01. The molecule has 0 saturated carbocycles. The Morgan fingerprint density at radius 1 is 1.53 bits per heavy atom. The van der Waals surface area contributed by atoms with Crippen LogP contribution in [-0.4, -0.2) is 25.7 Å². The first-order valence-electron chi connectivity index (χ1n) is 4.01. The molecule has 0 saturated heterocycles. The molecule has 0 aliphatic carbocycles. The van der Waals surface area contributed by atoms with Gasteiger partial charge in [0.15, 0.2) is 6.61 Å². The van der Waals surface area contributed by atoms with Crippen molar-refractivity contribution >= 4 is 6.72 Å². The lowest BCUT2D eigenvalue weighted by Gasteiger charge is -2.15. The second-order valence-electron chi connectivity index (χ2n) is 2.56. The molecule has 0 bridgehead atoms. The maximum Gasteiger partial charge on any atom is 0.340 e. The normalized spacial score (nSPS) is 13.6. The van der Waals surface area contributed by atoms with E-state index in [-0.39, 0.29) is 5.76 Å². The van der Waals surface area contributed by atoms with Crippen LogP contribution in [-0.2, 0) is 4.74 Å². The molecule has 0 aliphatic heterocycles. The molecule has 86 valence electrons. The van der Waals surface area contributed by atoms with E-state index >= 15 is 0 Å². The van der Waals surface area contributed by atoms with E-state index in [2.05, 4.69) is 16.4 Å². The van der Waals surface area contributed by atoms with Gasteiger partial charge in [0.1, 0.15) is 5.76 Å². The largest absolute Gasteiger partial charge is 0.485 e. The van der Waals surface area contributed by atoms with Crippen LogP contribution in [0.4, 0.5) is 17.6 Å². The number of alkyl halides is 4. The highest BCUT2D eigenvalue weighted by Gasteiger charge is 2.41. The molecule has 0 amide bonds.